The number of fused-ring (bicyclic) bond motifs is 3. The molecule has 7 heteroatoms. The third-order valence-electron chi connectivity index (χ3n) is 3.72. The van der Waals surface area contributed by atoms with Crippen LogP contribution in [0, 0.1) is 0 Å². The molecule has 1 unspecified atom stereocenters. The molecule has 0 fully saturated rings. The van der Waals surface area contributed by atoms with Gasteiger partial charge in [0, 0.05) is 0 Å². The minimum atomic E-state index is -4.33. The highest BCUT2D eigenvalue weighted by Gasteiger charge is 2.37. The summed E-state index contributed by atoms with van der Waals surface area (Å²) in [6.07, 6.45) is -5.39. The maximum Gasteiger partial charge on any atom is 0.393 e. The highest BCUT2D eigenvalue weighted by atomic mass is 35.5. The second kappa shape index (κ2) is 6.81. The van der Waals surface area contributed by atoms with E-state index in [1.165, 1.54) is 6.07 Å². The van der Waals surface area contributed by atoms with Crippen molar-refractivity contribution in [2.75, 3.05) is 0 Å². The van der Waals surface area contributed by atoms with Crippen LogP contribution >= 0.6 is 24.8 Å². The molecule has 0 saturated carbocycles. The largest absolute Gasteiger partial charge is 0.393 e. The third kappa shape index (κ3) is 3.46. The molecular weight excluding hydrogens is 350 g/mol. The van der Waals surface area contributed by atoms with E-state index in [9.17, 15) is 18.0 Å². The van der Waals surface area contributed by atoms with E-state index in [1.54, 1.807) is 36.4 Å². The standard InChI is InChI=1S/C16H12F3NO.2ClH/c17-16(18,19)8-9-4-3-7-11-10-5-1-2-6-12(10)14(13(9)11)15(20)21;;/h1-7,14H,8H2,(H2,20,21);2*1H. The first-order chi connectivity index (χ1) is 9.88. The molecule has 2 nitrogen and oxygen atoms in total. The van der Waals surface area contributed by atoms with Gasteiger partial charge in [0.15, 0.2) is 0 Å². The molecule has 0 aromatic heterocycles. The highest BCUT2D eigenvalue weighted by molar-refractivity contribution is 5.96. The van der Waals surface area contributed by atoms with Gasteiger partial charge in [0.1, 0.15) is 0 Å². The van der Waals surface area contributed by atoms with Gasteiger partial charge in [-0.15, -0.1) is 24.8 Å². The Labute approximate surface area is 143 Å². The summed E-state index contributed by atoms with van der Waals surface area (Å²) < 4.78 is 38.3. The van der Waals surface area contributed by atoms with E-state index >= 15 is 0 Å². The Kier molecular flexibility index (Phi) is 5.72. The summed E-state index contributed by atoms with van der Waals surface area (Å²) in [5.74, 6) is -1.44. The Morgan fingerprint density at radius 2 is 1.61 bits per heavy atom. The summed E-state index contributed by atoms with van der Waals surface area (Å²) in [7, 11) is 0. The van der Waals surface area contributed by atoms with Gasteiger partial charge in [0.2, 0.25) is 5.91 Å². The summed E-state index contributed by atoms with van der Waals surface area (Å²) in [5, 5.41) is 0. The van der Waals surface area contributed by atoms with Gasteiger partial charge in [0.25, 0.3) is 0 Å². The smallest absolute Gasteiger partial charge is 0.369 e. The monoisotopic (exact) mass is 363 g/mol. The lowest BCUT2D eigenvalue weighted by molar-refractivity contribution is -0.127. The summed E-state index contributed by atoms with van der Waals surface area (Å²) in [6.45, 7) is 0. The zero-order chi connectivity index (χ0) is 15.2. The lowest BCUT2D eigenvalue weighted by atomic mass is 9.91. The van der Waals surface area contributed by atoms with Gasteiger partial charge in [-0.1, -0.05) is 42.5 Å². The molecule has 0 radical (unpaired) electrons. The van der Waals surface area contributed by atoms with Gasteiger partial charge in [-0.25, -0.2) is 0 Å². The maximum atomic E-state index is 12.8. The van der Waals surface area contributed by atoms with Crippen molar-refractivity contribution in [3.05, 3.63) is 59.2 Å². The lowest BCUT2D eigenvalue weighted by Crippen LogP contribution is -2.23. The van der Waals surface area contributed by atoms with Crippen LogP contribution in [0.3, 0.4) is 0 Å². The van der Waals surface area contributed by atoms with Crippen molar-refractivity contribution in [2.24, 2.45) is 5.73 Å². The van der Waals surface area contributed by atoms with Crippen LogP contribution in [0.1, 0.15) is 22.6 Å². The molecule has 0 saturated heterocycles. The van der Waals surface area contributed by atoms with Crippen LogP contribution in [0.5, 0.6) is 0 Å². The SMILES string of the molecule is Cl.Cl.NC(=O)C1c2ccccc2-c2cccc(CC(F)(F)F)c21. The molecule has 0 heterocycles. The van der Waals surface area contributed by atoms with Crippen LogP contribution in [0.2, 0.25) is 0 Å². The highest BCUT2D eigenvalue weighted by Crippen LogP contribution is 2.46. The molecule has 3 rings (SSSR count). The van der Waals surface area contributed by atoms with Crippen LogP contribution in [-0.4, -0.2) is 12.1 Å². The van der Waals surface area contributed by atoms with Crippen LogP contribution in [-0.2, 0) is 11.2 Å². The van der Waals surface area contributed by atoms with E-state index in [0.29, 0.717) is 16.7 Å². The van der Waals surface area contributed by atoms with Crippen LogP contribution in [0.25, 0.3) is 11.1 Å². The summed E-state index contributed by atoms with van der Waals surface area (Å²) >= 11 is 0. The molecule has 0 aliphatic heterocycles. The molecule has 2 N–H and O–H groups in total. The first-order valence-corrected chi connectivity index (χ1v) is 6.45. The second-order valence-corrected chi connectivity index (χ2v) is 5.09. The maximum absolute atomic E-state index is 12.8. The fraction of sp³-hybridized carbons (Fsp3) is 0.188. The minimum absolute atomic E-state index is 0. The molecule has 1 aliphatic rings. The average Bonchev–Trinajstić information content (AvgIpc) is 2.73. The number of hydrogen-bond acceptors (Lipinski definition) is 1. The first-order valence-electron chi connectivity index (χ1n) is 6.45. The Morgan fingerprint density at radius 1 is 1.00 bits per heavy atom. The Bertz CT molecular complexity index is 732. The van der Waals surface area contributed by atoms with Gasteiger partial charge >= 0.3 is 6.18 Å². The molecule has 0 spiro atoms. The van der Waals surface area contributed by atoms with Crippen molar-refractivity contribution in [3.8, 4) is 11.1 Å². The Hall–Kier alpha value is -1.72. The number of carbonyl (C=O) groups excluding carboxylic acids is 1. The molecule has 1 atom stereocenters. The van der Waals surface area contributed by atoms with E-state index in [-0.39, 0.29) is 30.4 Å². The van der Waals surface area contributed by atoms with E-state index in [4.69, 9.17) is 5.73 Å². The fourth-order valence-electron chi connectivity index (χ4n) is 3.00. The summed E-state index contributed by atoms with van der Waals surface area (Å²) in [5.41, 5.74) is 8.06. The second-order valence-electron chi connectivity index (χ2n) is 5.09. The lowest BCUT2D eigenvalue weighted by Gasteiger charge is -2.15. The van der Waals surface area contributed by atoms with E-state index in [0.717, 1.165) is 5.56 Å². The van der Waals surface area contributed by atoms with Crippen molar-refractivity contribution < 1.29 is 18.0 Å². The molecular formula is C16H14Cl2F3NO. The van der Waals surface area contributed by atoms with Crippen molar-refractivity contribution in [1.82, 2.24) is 0 Å². The average molecular weight is 364 g/mol. The van der Waals surface area contributed by atoms with E-state index in [1.807, 2.05) is 0 Å². The molecule has 1 amide bonds. The van der Waals surface area contributed by atoms with Crippen molar-refractivity contribution in [3.63, 3.8) is 0 Å². The predicted octanol–water partition coefficient (Wildman–Crippen LogP) is 4.23. The van der Waals surface area contributed by atoms with Gasteiger partial charge in [-0.2, -0.15) is 13.2 Å². The fourth-order valence-corrected chi connectivity index (χ4v) is 3.00. The third-order valence-corrected chi connectivity index (χ3v) is 3.72. The molecule has 23 heavy (non-hydrogen) atoms. The Morgan fingerprint density at radius 3 is 2.22 bits per heavy atom. The number of benzene rings is 2. The quantitative estimate of drug-likeness (QED) is 0.852. The molecule has 2 aromatic rings. The summed E-state index contributed by atoms with van der Waals surface area (Å²) in [6, 6.07) is 11.8. The number of primary amides is 1. The zero-order valence-electron chi connectivity index (χ0n) is 11.8. The minimum Gasteiger partial charge on any atom is -0.369 e. The van der Waals surface area contributed by atoms with Gasteiger partial charge in [0.05, 0.1) is 12.3 Å². The number of alkyl halides is 3. The zero-order valence-corrected chi connectivity index (χ0v) is 13.4. The summed E-state index contributed by atoms with van der Waals surface area (Å²) in [4.78, 5) is 11.8. The number of carbonyl (C=O) groups is 1. The van der Waals surface area contributed by atoms with Gasteiger partial charge in [-0.3, -0.25) is 4.79 Å². The molecule has 124 valence electrons. The number of nitrogens with two attached hydrogens (primary N) is 1. The van der Waals surface area contributed by atoms with Crippen LogP contribution in [0.4, 0.5) is 13.2 Å². The number of rotatable bonds is 2. The van der Waals surface area contributed by atoms with E-state index < -0.39 is 24.4 Å². The number of halogens is 5. The Balaban J connectivity index is 0.00000132. The van der Waals surface area contributed by atoms with Gasteiger partial charge in [-0.05, 0) is 27.8 Å². The van der Waals surface area contributed by atoms with Gasteiger partial charge < -0.3 is 5.73 Å². The number of hydrogen-bond donors (Lipinski definition) is 1. The topological polar surface area (TPSA) is 43.1 Å². The van der Waals surface area contributed by atoms with E-state index in [2.05, 4.69) is 0 Å². The molecule has 1 aliphatic carbocycles. The molecule has 0 bridgehead atoms. The predicted molar refractivity (Wildman–Crippen MR) is 87.2 cm³/mol. The van der Waals surface area contributed by atoms with Crippen molar-refractivity contribution >= 4 is 30.7 Å². The normalized spacial score (nSPS) is 15.0. The van der Waals surface area contributed by atoms with Crippen molar-refractivity contribution in [2.45, 2.75) is 18.5 Å². The number of amides is 1. The molecule has 2 aromatic carbocycles. The van der Waals surface area contributed by atoms with Crippen LogP contribution in [0.15, 0.2) is 42.5 Å². The van der Waals surface area contributed by atoms with Crippen molar-refractivity contribution in [1.29, 1.82) is 0 Å². The van der Waals surface area contributed by atoms with Crippen LogP contribution < -0.4 is 5.73 Å². The first kappa shape index (κ1) is 19.3.